The van der Waals surface area contributed by atoms with E-state index in [2.05, 4.69) is 26.8 Å². The fraction of sp³-hybridized carbons (Fsp3) is 1.00. The van der Waals surface area contributed by atoms with Crippen LogP contribution in [0.1, 0.15) is 38.5 Å². The van der Waals surface area contributed by atoms with Crippen molar-refractivity contribution in [1.82, 2.24) is 0 Å². The number of hydrogen-bond donors (Lipinski definition) is 2. The molecule has 1 saturated carbocycles. The molecule has 21 heavy (non-hydrogen) atoms. The van der Waals surface area contributed by atoms with E-state index in [0.29, 0.717) is 18.5 Å². The molecule has 0 aromatic carbocycles. The third-order valence-corrected chi connectivity index (χ3v) is 31.1. The number of rotatable bonds is 9. The summed E-state index contributed by atoms with van der Waals surface area (Å²) in [5, 5.41) is 10.0. The minimum Gasteiger partial charge on any atom is -0.393 e. The standard InChI is InChI=1S/C11H29O3P7/c12-11(6-7-18-20(17)19(15)16)9-21(13,14)8-10-4-2-1-3-5-10/h10-12,18H,1-9,15-17H2,(H,13,14)/t11-,20?/m1/s1. The van der Waals surface area contributed by atoms with Crippen molar-refractivity contribution in [2.24, 2.45) is 5.92 Å². The fourth-order valence-corrected chi connectivity index (χ4v) is 15.2. The van der Waals surface area contributed by atoms with E-state index in [9.17, 15) is 14.6 Å². The summed E-state index contributed by atoms with van der Waals surface area (Å²) in [4.78, 5) is 10.1. The Hall–Kier alpha value is 2.73. The van der Waals surface area contributed by atoms with Crippen LogP contribution in [0, 0.1) is 5.92 Å². The summed E-state index contributed by atoms with van der Waals surface area (Å²) in [6.45, 7) is -0.0683. The van der Waals surface area contributed by atoms with Gasteiger partial charge in [0.25, 0.3) is 0 Å². The first-order chi connectivity index (χ1) is 9.80. The first-order valence-corrected chi connectivity index (χ1v) is 19.7. The summed E-state index contributed by atoms with van der Waals surface area (Å²) < 4.78 is 12.3. The molecule has 0 aliphatic heterocycles. The lowest BCUT2D eigenvalue weighted by Crippen LogP contribution is -2.18. The van der Waals surface area contributed by atoms with E-state index in [1.807, 2.05) is 0 Å². The maximum absolute atomic E-state index is 12.3. The molecule has 1 rings (SSSR count). The molecule has 10 heteroatoms. The molecule has 0 spiro atoms. The van der Waals surface area contributed by atoms with Crippen molar-refractivity contribution < 1.29 is 14.6 Å². The first kappa shape index (κ1) is 21.8. The van der Waals surface area contributed by atoms with Gasteiger partial charge in [0.1, 0.15) is 0 Å². The van der Waals surface area contributed by atoms with E-state index in [4.69, 9.17) is 0 Å². The summed E-state index contributed by atoms with van der Waals surface area (Å²) in [6.07, 6.45) is 7.38. The highest BCUT2D eigenvalue weighted by molar-refractivity contribution is 8.94. The van der Waals surface area contributed by atoms with E-state index in [1.165, 1.54) is 19.3 Å². The van der Waals surface area contributed by atoms with Crippen LogP contribution in [0.5, 0.6) is 0 Å². The molecule has 7 atom stereocenters. The van der Waals surface area contributed by atoms with Crippen LogP contribution >= 0.6 is 56.4 Å². The number of hydrogen-bond acceptors (Lipinski definition) is 2. The Morgan fingerprint density at radius 1 is 1.24 bits per heavy atom. The second-order valence-electron chi connectivity index (χ2n) is 5.79. The molecule has 1 fully saturated rings. The number of aliphatic hydroxyl groups is 1. The average Bonchev–Trinajstić information content (AvgIpc) is 2.38. The van der Waals surface area contributed by atoms with Crippen LogP contribution in [0.25, 0.3) is 0 Å². The SMILES string of the molecule is O=P(O)(CC1CCCCC1)C[C@H](O)CCPP(P)P(P)P. The topological polar surface area (TPSA) is 57.5 Å². The predicted molar refractivity (Wildman–Crippen MR) is 113 cm³/mol. The Kier molecular flexibility index (Phi) is 11.8. The fourth-order valence-electron chi connectivity index (χ4n) is 2.70. The highest BCUT2D eigenvalue weighted by atomic mass is 33.0. The molecule has 0 aromatic rings. The molecule has 1 aliphatic carbocycles. The van der Waals surface area contributed by atoms with Crippen LogP contribution in [-0.4, -0.2) is 34.6 Å². The largest absolute Gasteiger partial charge is 0.393 e. The summed E-state index contributed by atoms with van der Waals surface area (Å²) in [7, 11) is 6.34. The van der Waals surface area contributed by atoms with Gasteiger partial charge in [-0.1, -0.05) is 27.5 Å². The lowest BCUT2D eigenvalue weighted by atomic mass is 9.91. The molecule has 1 aliphatic rings. The van der Waals surface area contributed by atoms with Gasteiger partial charge in [-0.05, 0) is 45.3 Å². The third kappa shape index (κ3) is 10.3. The average molecular weight is 426 g/mol. The zero-order chi connectivity index (χ0) is 15.9. The van der Waals surface area contributed by atoms with Crippen molar-refractivity contribution in [1.29, 1.82) is 0 Å². The first-order valence-electron chi connectivity index (χ1n) is 7.37. The van der Waals surface area contributed by atoms with Gasteiger partial charge in [-0.15, -0.1) is 26.8 Å². The zero-order valence-corrected chi connectivity index (χ0v) is 19.5. The van der Waals surface area contributed by atoms with Crippen molar-refractivity contribution in [2.75, 3.05) is 18.5 Å². The summed E-state index contributed by atoms with van der Waals surface area (Å²) in [6, 6.07) is 0. The molecule has 6 unspecified atom stereocenters. The van der Waals surface area contributed by atoms with Gasteiger partial charge < -0.3 is 10.00 Å². The van der Waals surface area contributed by atoms with E-state index in [0.717, 1.165) is 27.3 Å². The molecule has 0 heterocycles. The number of aliphatic hydroxyl groups excluding tert-OH is 1. The van der Waals surface area contributed by atoms with Crippen LogP contribution in [-0.2, 0) is 4.57 Å². The molecule has 126 valence electrons. The zero-order valence-electron chi connectivity index (χ0n) is 12.4. The van der Waals surface area contributed by atoms with Gasteiger partial charge in [-0.3, -0.25) is 4.57 Å². The highest BCUT2D eigenvalue weighted by Crippen LogP contribution is 2.90. The highest BCUT2D eigenvalue weighted by Gasteiger charge is 2.28. The third-order valence-electron chi connectivity index (χ3n) is 3.76. The van der Waals surface area contributed by atoms with Gasteiger partial charge in [-0.2, -0.15) is 0 Å². The normalized spacial score (nSPS) is 23.5. The predicted octanol–water partition coefficient (Wildman–Crippen LogP) is 5.43. The maximum Gasteiger partial charge on any atom is 0.203 e. The summed E-state index contributed by atoms with van der Waals surface area (Å²) >= 11 is 0. The van der Waals surface area contributed by atoms with Crippen molar-refractivity contribution in [3.8, 4) is 0 Å². The Morgan fingerprint density at radius 2 is 1.86 bits per heavy atom. The van der Waals surface area contributed by atoms with Gasteiger partial charge in [0.05, 0.1) is 12.3 Å². The van der Waals surface area contributed by atoms with E-state index in [-0.39, 0.29) is 20.1 Å². The molecule has 0 aromatic heterocycles. The molecule has 0 bridgehead atoms. The van der Waals surface area contributed by atoms with Gasteiger partial charge >= 0.3 is 0 Å². The van der Waals surface area contributed by atoms with Crippen LogP contribution in [0.4, 0.5) is 0 Å². The smallest absolute Gasteiger partial charge is 0.203 e. The van der Waals surface area contributed by atoms with Gasteiger partial charge in [0.15, 0.2) is 0 Å². The van der Waals surface area contributed by atoms with E-state index >= 15 is 0 Å². The molecule has 0 amide bonds. The van der Waals surface area contributed by atoms with Crippen LogP contribution in [0.3, 0.4) is 0 Å². The molecule has 2 N–H and O–H groups in total. The molecule has 0 radical (unpaired) electrons. The lowest BCUT2D eigenvalue weighted by molar-refractivity contribution is 0.190. The summed E-state index contributed by atoms with van der Waals surface area (Å²) in [5.41, 5.74) is 0. The monoisotopic (exact) mass is 426 g/mol. The van der Waals surface area contributed by atoms with E-state index in [1.54, 1.807) is 0 Å². The molecular weight excluding hydrogens is 397 g/mol. The minimum atomic E-state index is -3.15. The second-order valence-corrected chi connectivity index (χ2v) is 28.8. The van der Waals surface area contributed by atoms with Gasteiger partial charge in [-0.25, -0.2) is 0 Å². The summed E-state index contributed by atoms with van der Waals surface area (Å²) in [5.74, 6) is 0.404. The van der Waals surface area contributed by atoms with Gasteiger partial charge in [0, 0.05) is 6.16 Å². The molecular formula is C11H29O3P7. The van der Waals surface area contributed by atoms with Crippen molar-refractivity contribution in [3.63, 3.8) is 0 Å². The molecule has 0 saturated heterocycles. The Morgan fingerprint density at radius 3 is 2.43 bits per heavy atom. The minimum absolute atomic E-state index is 0.0247. The Balaban J connectivity index is 2.24. The van der Waals surface area contributed by atoms with Crippen molar-refractivity contribution in [3.05, 3.63) is 0 Å². The van der Waals surface area contributed by atoms with Crippen LogP contribution in [0.15, 0.2) is 0 Å². The van der Waals surface area contributed by atoms with Crippen LogP contribution < -0.4 is 0 Å². The van der Waals surface area contributed by atoms with Gasteiger partial charge in [0.2, 0.25) is 7.37 Å². The quantitative estimate of drug-likeness (QED) is 0.484. The van der Waals surface area contributed by atoms with Crippen molar-refractivity contribution >= 4 is 56.4 Å². The maximum atomic E-state index is 12.3. The van der Waals surface area contributed by atoms with E-state index < -0.39 is 13.5 Å². The Labute approximate surface area is 140 Å². The second kappa shape index (κ2) is 11.4. The van der Waals surface area contributed by atoms with Crippen LogP contribution in [0.2, 0.25) is 0 Å². The lowest BCUT2D eigenvalue weighted by Gasteiger charge is -2.25. The molecule has 3 nitrogen and oxygen atoms in total. The Bertz CT molecular complexity index is 336. The van der Waals surface area contributed by atoms with Crippen molar-refractivity contribution in [2.45, 2.75) is 44.6 Å².